The van der Waals surface area contributed by atoms with Gasteiger partial charge in [0, 0.05) is 47.1 Å². The standard InChI is InChI=1S/C20H23N3O2S.ClH/c1-13-3-5-16(21)12-17(13)19(24)22-18-6-4-15(11-14(18)2)20(25)23-7-9-26-10-8-23;/h3-6,11-12H,7-10,21H2,1-2H3,(H,22,24);1H. The van der Waals surface area contributed by atoms with E-state index in [1.54, 1.807) is 24.3 Å². The summed E-state index contributed by atoms with van der Waals surface area (Å²) in [6.07, 6.45) is 0. The highest BCUT2D eigenvalue weighted by atomic mass is 35.5. The van der Waals surface area contributed by atoms with E-state index in [1.807, 2.05) is 42.6 Å². The third-order valence-corrected chi connectivity index (χ3v) is 5.47. The van der Waals surface area contributed by atoms with Crippen LogP contribution in [0.2, 0.25) is 0 Å². The molecule has 3 N–H and O–H groups in total. The van der Waals surface area contributed by atoms with Crippen molar-refractivity contribution in [1.29, 1.82) is 0 Å². The van der Waals surface area contributed by atoms with Crippen LogP contribution in [-0.4, -0.2) is 41.3 Å². The van der Waals surface area contributed by atoms with Crippen LogP contribution in [0.15, 0.2) is 36.4 Å². The van der Waals surface area contributed by atoms with Crippen molar-refractivity contribution in [2.24, 2.45) is 0 Å². The predicted molar refractivity (Wildman–Crippen MR) is 115 cm³/mol. The number of rotatable bonds is 3. The zero-order chi connectivity index (χ0) is 18.7. The third-order valence-electron chi connectivity index (χ3n) is 4.53. The lowest BCUT2D eigenvalue weighted by Crippen LogP contribution is -2.37. The molecule has 0 saturated carbocycles. The van der Waals surface area contributed by atoms with Crippen LogP contribution in [0, 0.1) is 13.8 Å². The number of hydrogen-bond donors (Lipinski definition) is 2. The first-order valence-electron chi connectivity index (χ1n) is 8.61. The number of hydrogen-bond acceptors (Lipinski definition) is 4. The summed E-state index contributed by atoms with van der Waals surface area (Å²) in [6.45, 7) is 5.34. The van der Waals surface area contributed by atoms with E-state index >= 15 is 0 Å². The van der Waals surface area contributed by atoms with Gasteiger partial charge in [-0.1, -0.05) is 6.07 Å². The zero-order valence-corrected chi connectivity index (χ0v) is 17.1. The van der Waals surface area contributed by atoms with E-state index in [0.29, 0.717) is 22.5 Å². The van der Waals surface area contributed by atoms with Crippen molar-refractivity contribution >= 4 is 47.4 Å². The maximum atomic E-state index is 12.6. The predicted octanol–water partition coefficient (Wildman–Crippen LogP) is 3.75. The second-order valence-electron chi connectivity index (χ2n) is 6.46. The molecule has 27 heavy (non-hydrogen) atoms. The van der Waals surface area contributed by atoms with Crippen molar-refractivity contribution in [3.05, 3.63) is 58.7 Å². The smallest absolute Gasteiger partial charge is 0.256 e. The van der Waals surface area contributed by atoms with E-state index < -0.39 is 0 Å². The molecular formula is C20H24ClN3O2S. The molecule has 2 aromatic carbocycles. The molecule has 1 saturated heterocycles. The summed E-state index contributed by atoms with van der Waals surface area (Å²) in [6, 6.07) is 10.7. The molecule has 2 amide bonds. The van der Waals surface area contributed by atoms with Gasteiger partial charge < -0.3 is 16.0 Å². The maximum Gasteiger partial charge on any atom is 0.256 e. The topological polar surface area (TPSA) is 75.4 Å². The molecule has 5 nitrogen and oxygen atoms in total. The van der Waals surface area contributed by atoms with Crippen molar-refractivity contribution in [2.45, 2.75) is 13.8 Å². The number of nitrogens with two attached hydrogens (primary N) is 1. The number of benzene rings is 2. The first-order valence-corrected chi connectivity index (χ1v) is 9.76. The monoisotopic (exact) mass is 405 g/mol. The fraction of sp³-hybridized carbons (Fsp3) is 0.300. The van der Waals surface area contributed by atoms with Crippen LogP contribution in [0.4, 0.5) is 11.4 Å². The maximum absolute atomic E-state index is 12.6. The van der Waals surface area contributed by atoms with Gasteiger partial charge in [-0.25, -0.2) is 0 Å². The summed E-state index contributed by atoms with van der Waals surface area (Å²) in [5.74, 6) is 1.82. The minimum Gasteiger partial charge on any atom is -0.399 e. The number of nitrogens with zero attached hydrogens (tertiary/aromatic N) is 1. The molecule has 0 atom stereocenters. The van der Waals surface area contributed by atoms with Crippen molar-refractivity contribution in [3.8, 4) is 0 Å². The van der Waals surface area contributed by atoms with Crippen LogP contribution in [0.5, 0.6) is 0 Å². The second-order valence-corrected chi connectivity index (χ2v) is 7.69. The molecule has 1 aliphatic heterocycles. The van der Waals surface area contributed by atoms with Crippen LogP contribution >= 0.6 is 24.2 Å². The Kier molecular flexibility index (Phi) is 7.16. The number of amides is 2. The number of nitrogens with one attached hydrogen (secondary N) is 1. The molecular weight excluding hydrogens is 382 g/mol. The number of halogens is 1. The van der Waals surface area contributed by atoms with Gasteiger partial charge >= 0.3 is 0 Å². The third kappa shape index (κ3) is 4.96. The van der Waals surface area contributed by atoms with Crippen molar-refractivity contribution in [3.63, 3.8) is 0 Å². The van der Waals surface area contributed by atoms with Gasteiger partial charge in [-0.3, -0.25) is 9.59 Å². The van der Waals surface area contributed by atoms with E-state index in [4.69, 9.17) is 5.73 Å². The molecule has 0 spiro atoms. The highest BCUT2D eigenvalue weighted by Gasteiger charge is 2.19. The molecule has 2 aromatic rings. The number of anilines is 2. The Morgan fingerprint density at radius 3 is 2.41 bits per heavy atom. The Morgan fingerprint density at radius 2 is 1.74 bits per heavy atom. The summed E-state index contributed by atoms with van der Waals surface area (Å²) < 4.78 is 0. The average molecular weight is 406 g/mol. The number of carbonyl (C=O) groups is 2. The summed E-state index contributed by atoms with van der Waals surface area (Å²) in [5.41, 5.74) is 9.97. The first kappa shape index (κ1) is 21.1. The molecule has 3 rings (SSSR count). The van der Waals surface area contributed by atoms with E-state index in [2.05, 4.69) is 5.32 Å². The molecule has 0 aromatic heterocycles. The molecule has 1 aliphatic rings. The molecule has 144 valence electrons. The molecule has 0 unspecified atom stereocenters. The normalized spacial score (nSPS) is 13.6. The van der Waals surface area contributed by atoms with Gasteiger partial charge in [-0.2, -0.15) is 11.8 Å². The van der Waals surface area contributed by atoms with Crippen LogP contribution in [0.25, 0.3) is 0 Å². The minimum absolute atomic E-state index is 0. The van der Waals surface area contributed by atoms with Gasteiger partial charge in [0.1, 0.15) is 0 Å². The SMILES string of the molecule is Cc1cc(C(=O)N2CCSCC2)ccc1NC(=O)c1cc(N)ccc1C.Cl. The highest BCUT2D eigenvalue weighted by molar-refractivity contribution is 7.99. The van der Waals surface area contributed by atoms with Crippen molar-refractivity contribution in [2.75, 3.05) is 35.6 Å². The van der Waals surface area contributed by atoms with E-state index in [1.165, 1.54) is 0 Å². The van der Waals surface area contributed by atoms with E-state index in [-0.39, 0.29) is 24.2 Å². The lowest BCUT2D eigenvalue weighted by atomic mass is 10.1. The number of thioether (sulfide) groups is 1. The fourth-order valence-corrected chi connectivity index (χ4v) is 3.86. The van der Waals surface area contributed by atoms with Crippen LogP contribution in [0.1, 0.15) is 31.8 Å². The van der Waals surface area contributed by atoms with Gasteiger partial charge in [0.25, 0.3) is 11.8 Å². The Labute approximate surface area is 170 Å². The average Bonchev–Trinajstić information content (AvgIpc) is 2.65. The van der Waals surface area contributed by atoms with Crippen molar-refractivity contribution < 1.29 is 9.59 Å². The number of nitrogen functional groups attached to an aromatic ring is 1. The Balaban J connectivity index is 0.00000261. The van der Waals surface area contributed by atoms with Crippen LogP contribution in [-0.2, 0) is 0 Å². The Morgan fingerprint density at radius 1 is 1.04 bits per heavy atom. The quantitative estimate of drug-likeness (QED) is 0.762. The number of carbonyl (C=O) groups excluding carboxylic acids is 2. The van der Waals surface area contributed by atoms with E-state index in [0.717, 1.165) is 35.7 Å². The van der Waals surface area contributed by atoms with Gasteiger partial charge in [0.05, 0.1) is 0 Å². The molecule has 0 aliphatic carbocycles. The van der Waals surface area contributed by atoms with Crippen molar-refractivity contribution in [1.82, 2.24) is 4.90 Å². The Hall–Kier alpha value is -2.18. The van der Waals surface area contributed by atoms with Gasteiger partial charge in [0.15, 0.2) is 0 Å². The highest BCUT2D eigenvalue weighted by Crippen LogP contribution is 2.21. The molecule has 1 fully saturated rings. The summed E-state index contributed by atoms with van der Waals surface area (Å²) in [7, 11) is 0. The zero-order valence-electron chi connectivity index (χ0n) is 15.5. The largest absolute Gasteiger partial charge is 0.399 e. The van der Waals surface area contributed by atoms with Gasteiger partial charge in [0.2, 0.25) is 0 Å². The van der Waals surface area contributed by atoms with E-state index in [9.17, 15) is 9.59 Å². The molecule has 7 heteroatoms. The first-order chi connectivity index (χ1) is 12.5. The summed E-state index contributed by atoms with van der Waals surface area (Å²) in [4.78, 5) is 27.1. The Bertz CT molecular complexity index is 851. The van der Waals surface area contributed by atoms with Crippen LogP contribution in [0.3, 0.4) is 0 Å². The lowest BCUT2D eigenvalue weighted by Gasteiger charge is -2.26. The lowest BCUT2D eigenvalue weighted by molar-refractivity contribution is 0.0772. The summed E-state index contributed by atoms with van der Waals surface area (Å²) in [5, 5.41) is 2.92. The summed E-state index contributed by atoms with van der Waals surface area (Å²) >= 11 is 1.87. The molecule has 0 radical (unpaired) electrons. The fourth-order valence-electron chi connectivity index (χ4n) is 2.96. The number of aryl methyl sites for hydroxylation is 2. The molecule has 1 heterocycles. The van der Waals surface area contributed by atoms with Crippen LogP contribution < -0.4 is 11.1 Å². The minimum atomic E-state index is -0.204. The van der Waals surface area contributed by atoms with Gasteiger partial charge in [-0.05, 0) is 55.3 Å². The van der Waals surface area contributed by atoms with Gasteiger partial charge in [-0.15, -0.1) is 12.4 Å². The molecule has 0 bridgehead atoms. The second kappa shape index (κ2) is 9.15.